The highest BCUT2D eigenvalue weighted by Crippen LogP contribution is 2.54. The van der Waals surface area contributed by atoms with Gasteiger partial charge in [-0.25, -0.2) is 0 Å². The Balaban J connectivity index is 1.89. The minimum atomic E-state index is -0.295. The van der Waals surface area contributed by atoms with Crippen molar-refractivity contribution in [3.63, 3.8) is 0 Å². The van der Waals surface area contributed by atoms with Gasteiger partial charge in [0.25, 0.3) is 5.69 Å². The number of methoxy groups -OCH3 is 1. The smallest absolute Gasteiger partial charge is 0.275 e. The van der Waals surface area contributed by atoms with Crippen molar-refractivity contribution in [2.24, 2.45) is 5.92 Å². The molecule has 1 aliphatic carbocycles. The number of fused-ring (bicyclic) bond motifs is 3. The maximum absolute atomic E-state index is 11.6. The van der Waals surface area contributed by atoms with Gasteiger partial charge in [-0.3, -0.25) is 10.1 Å². The zero-order chi connectivity index (χ0) is 17.6. The molecule has 1 heterocycles. The van der Waals surface area contributed by atoms with Crippen molar-refractivity contribution < 1.29 is 9.66 Å². The monoisotopic (exact) mass is 336 g/mol. The molecule has 5 nitrogen and oxygen atoms in total. The predicted molar refractivity (Wildman–Crippen MR) is 97.2 cm³/mol. The van der Waals surface area contributed by atoms with Crippen LogP contribution in [0.4, 0.5) is 11.4 Å². The summed E-state index contributed by atoms with van der Waals surface area (Å²) in [7, 11) is 1.60. The number of nitro benzene ring substituents is 1. The molecule has 2 aromatic carbocycles. The molecule has 4 rings (SSSR count). The Morgan fingerprint density at radius 1 is 1.28 bits per heavy atom. The van der Waals surface area contributed by atoms with Crippen molar-refractivity contribution >= 4 is 11.4 Å². The van der Waals surface area contributed by atoms with Gasteiger partial charge in [0.05, 0.1) is 29.3 Å². The van der Waals surface area contributed by atoms with E-state index in [0.29, 0.717) is 5.75 Å². The fourth-order valence-corrected chi connectivity index (χ4v) is 4.19. The molecule has 2 aliphatic rings. The zero-order valence-electron chi connectivity index (χ0n) is 14.2. The number of rotatable bonds is 3. The minimum Gasteiger partial charge on any atom is -0.495 e. The number of nitrogens with one attached hydrogen (secondary N) is 1. The number of nitrogens with zero attached hydrogens (tertiary/aromatic N) is 1. The van der Waals surface area contributed by atoms with Crippen LogP contribution in [0.1, 0.15) is 35.1 Å². The Hall–Kier alpha value is -2.82. The first kappa shape index (κ1) is 15.7. The topological polar surface area (TPSA) is 64.4 Å². The van der Waals surface area contributed by atoms with E-state index in [4.69, 9.17) is 4.74 Å². The molecular weight excluding hydrogens is 316 g/mol. The second-order valence-electron chi connectivity index (χ2n) is 6.72. The summed E-state index contributed by atoms with van der Waals surface area (Å²) < 4.78 is 5.49. The summed E-state index contributed by atoms with van der Waals surface area (Å²) in [6.45, 7) is 2.08. The minimum absolute atomic E-state index is 0.0252. The van der Waals surface area contributed by atoms with E-state index in [9.17, 15) is 10.1 Å². The number of allylic oxidation sites excluding steroid dienone is 2. The van der Waals surface area contributed by atoms with Crippen LogP contribution in [0.2, 0.25) is 0 Å². The van der Waals surface area contributed by atoms with Crippen molar-refractivity contribution in [3.8, 4) is 5.75 Å². The summed E-state index contributed by atoms with van der Waals surface area (Å²) in [6.07, 6.45) is 5.15. The molecule has 0 spiro atoms. The van der Waals surface area contributed by atoms with E-state index in [1.165, 1.54) is 11.1 Å². The molecule has 25 heavy (non-hydrogen) atoms. The van der Waals surface area contributed by atoms with Crippen LogP contribution in [-0.2, 0) is 0 Å². The molecule has 2 aromatic rings. The molecule has 1 aliphatic heterocycles. The lowest BCUT2D eigenvalue weighted by Crippen LogP contribution is -2.30. The maximum atomic E-state index is 11.6. The van der Waals surface area contributed by atoms with Crippen LogP contribution in [0.3, 0.4) is 0 Å². The Morgan fingerprint density at radius 2 is 2.12 bits per heavy atom. The van der Waals surface area contributed by atoms with Gasteiger partial charge in [-0.15, -0.1) is 0 Å². The third-order valence-corrected chi connectivity index (χ3v) is 5.28. The Morgan fingerprint density at radius 3 is 2.84 bits per heavy atom. The van der Waals surface area contributed by atoms with Gasteiger partial charge in [0.1, 0.15) is 5.75 Å². The maximum Gasteiger partial charge on any atom is 0.275 e. The quantitative estimate of drug-likeness (QED) is 0.499. The third kappa shape index (κ3) is 2.47. The average Bonchev–Trinajstić information content (AvgIpc) is 3.09. The number of ether oxygens (including phenoxy) is 1. The van der Waals surface area contributed by atoms with E-state index in [-0.39, 0.29) is 28.5 Å². The molecule has 0 saturated heterocycles. The fraction of sp³-hybridized carbons (Fsp3) is 0.300. The van der Waals surface area contributed by atoms with Gasteiger partial charge in [0.15, 0.2) is 0 Å². The first-order valence-corrected chi connectivity index (χ1v) is 8.45. The first-order valence-electron chi connectivity index (χ1n) is 8.45. The summed E-state index contributed by atoms with van der Waals surface area (Å²) in [4.78, 5) is 11.3. The normalized spacial score (nSPS) is 23.5. The van der Waals surface area contributed by atoms with Crippen molar-refractivity contribution in [2.75, 3.05) is 12.4 Å². The molecule has 0 fully saturated rings. The summed E-state index contributed by atoms with van der Waals surface area (Å²) >= 11 is 0. The Bertz CT molecular complexity index is 875. The van der Waals surface area contributed by atoms with Crippen LogP contribution in [0.5, 0.6) is 5.75 Å². The summed E-state index contributed by atoms with van der Waals surface area (Å²) in [5.41, 5.74) is 4.06. The van der Waals surface area contributed by atoms with Crippen LogP contribution >= 0.6 is 0 Å². The predicted octanol–water partition coefficient (Wildman–Crippen LogP) is 4.74. The number of anilines is 1. The molecule has 0 radical (unpaired) electrons. The van der Waals surface area contributed by atoms with Gasteiger partial charge in [0, 0.05) is 12.0 Å². The molecule has 3 atom stereocenters. The lowest BCUT2D eigenvalue weighted by Gasteiger charge is -2.37. The molecule has 0 aromatic heterocycles. The van der Waals surface area contributed by atoms with E-state index in [0.717, 1.165) is 17.7 Å². The zero-order valence-corrected chi connectivity index (χ0v) is 14.2. The van der Waals surface area contributed by atoms with Crippen molar-refractivity contribution in [1.29, 1.82) is 0 Å². The fourth-order valence-electron chi connectivity index (χ4n) is 4.19. The number of hydrogen-bond acceptors (Lipinski definition) is 4. The van der Waals surface area contributed by atoms with E-state index >= 15 is 0 Å². The van der Waals surface area contributed by atoms with Crippen molar-refractivity contribution in [3.05, 3.63) is 75.4 Å². The molecule has 1 N–H and O–H groups in total. The standard InChI is InChI=1S/C20H20N2O3/c1-12-5-3-6-13(11-12)19-15-8-4-7-14(15)18-16(22(23)24)9-10-17(25-2)20(18)21-19/h3-7,9-11,14-15,19,21H,8H2,1-2H3. The first-order chi connectivity index (χ1) is 12.1. The van der Waals surface area contributed by atoms with Crippen molar-refractivity contribution in [2.45, 2.75) is 25.3 Å². The Labute approximate surface area is 146 Å². The second kappa shape index (κ2) is 5.92. The van der Waals surface area contributed by atoms with E-state index in [2.05, 4.69) is 48.7 Å². The Kier molecular flexibility index (Phi) is 3.71. The summed E-state index contributed by atoms with van der Waals surface area (Å²) in [5, 5.41) is 15.1. The summed E-state index contributed by atoms with van der Waals surface area (Å²) in [6, 6.07) is 11.8. The number of benzene rings is 2. The van der Waals surface area contributed by atoms with Gasteiger partial charge in [-0.1, -0.05) is 42.0 Å². The SMILES string of the molecule is COc1ccc([N+](=O)[O-])c2c1NC(c1cccc(C)c1)C1CC=CC21. The molecule has 3 unspecified atom stereocenters. The van der Waals surface area contributed by atoms with Gasteiger partial charge < -0.3 is 10.1 Å². The number of nitro groups is 1. The van der Waals surface area contributed by atoms with E-state index in [1.807, 2.05) is 0 Å². The number of aryl methyl sites for hydroxylation is 1. The van der Waals surface area contributed by atoms with Crippen LogP contribution < -0.4 is 10.1 Å². The lowest BCUT2D eigenvalue weighted by atomic mass is 9.76. The molecule has 0 saturated carbocycles. The third-order valence-electron chi connectivity index (χ3n) is 5.28. The lowest BCUT2D eigenvalue weighted by molar-refractivity contribution is -0.385. The summed E-state index contributed by atoms with van der Waals surface area (Å²) in [5.74, 6) is 0.939. The van der Waals surface area contributed by atoms with Crippen LogP contribution in [0.15, 0.2) is 48.6 Å². The largest absolute Gasteiger partial charge is 0.495 e. The van der Waals surface area contributed by atoms with Crippen LogP contribution in [0.25, 0.3) is 0 Å². The average molecular weight is 336 g/mol. The second-order valence-corrected chi connectivity index (χ2v) is 6.72. The van der Waals surface area contributed by atoms with Crippen molar-refractivity contribution in [1.82, 2.24) is 0 Å². The molecule has 128 valence electrons. The highest BCUT2D eigenvalue weighted by Gasteiger charge is 2.42. The van der Waals surface area contributed by atoms with Crippen LogP contribution in [-0.4, -0.2) is 12.0 Å². The van der Waals surface area contributed by atoms with Gasteiger partial charge in [-0.2, -0.15) is 0 Å². The highest BCUT2D eigenvalue weighted by atomic mass is 16.6. The molecule has 0 amide bonds. The molecular formula is C20H20N2O3. The van der Waals surface area contributed by atoms with Gasteiger partial charge in [-0.05, 0) is 30.9 Å². The van der Waals surface area contributed by atoms with E-state index in [1.54, 1.807) is 19.2 Å². The van der Waals surface area contributed by atoms with Crippen LogP contribution in [0, 0.1) is 23.0 Å². The highest BCUT2D eigenvalue weighted by molar-refractivity contribution is 5.73. The molecule has 0 bridgehead atoms. The van der Waals surface area contributed by atoms with Gasteiger partial charge >= 0.3 is 0 Å². The molecule has 5 heteroatoms. The van der Waals surface area contributed by atoms with E-state index < -0.39 is 0 Å². The number of hydrogen-bond donors (Lipinski definition) is 1. The van der Waals surface area contributed by atoms with Gasteiger partial charge in [0.2, 0.25) is 0 Å².